The summed E-state index contributed by atoms with van der Waals surface area (Å²) in [6.07, 6.45) is 0.912. The summed E-state index contributed by atoms with van der Waals surface area (Å²) in [6.45, 7) is 1.24. The third kappa shape index (κ3) is 2.57. The van der Waals surface area contributed by atoms with Gasteiger partial charge in [0.15, 0.2) is 0 Å². The van der Waals surface area contributed by atoms with Crippen molar-refractivity contribution >= 4 is 5.91 Å². The predicted octanol–water partition coefficient (Wildman–Crippen LogP) is 2.74. The second-order valence-corrected chi connectivity index (χ2v) is 4.80. The van der Waals surface area contributed by atoms with Gasteiger partial charge in [-0.3, -0.25) is 4.79 Å². The number of carbonyl (C=O) groups is 1. The standard InChI is InChI=1S/C18H15NO/c20-18-17-11-5-4-10-16(17)12-14-19(18)13-6-9-15-7-2-1-3-8-15/h1-5,7-8,10-11H,12-14H2. The van der Waals surface area contributed by atoms with Crippen LogP contribution in [0.2, 0.25) is 0 Å². The van der Waals surface area contributed by atoms with Crippen LogP contribution >= 0.6 is 0 Å². The van der Waals surface area contributed by atoms with Crippen LogP contribution in [0.1, 0.15) is 21.5 Å². The van der Waals surface area contributed by atoms with E-state index in [1.165, 1.54) is 0 Å². The third-order valence-electron chi connectivity index (χ3n) is 3.46. The average Bonchev–Trinajstić information content (AvgIpc) is 2.51. The maximum absolute atomic E-state index is 12.3. The molecule has 2 nitrogen and oxygen atoms in total. The number of hydrogen-bond acceptors (Lipinski definition) is 1. The molecular formula is C18H15NO. The number of benzene rings is 2. The molecule has 0 aliphatic carbocycles. The van der Waals surface area contributed by atoms with Gasteiger partial charge in [0, 0.05) is 17.7 Å². The van der Waals surface area contributed by atoms with Crippen LogP contribution in [0.4, 0.5) is 0 Å². The van der Waals surface area contributed by atoms with E-state index in [1.54, 1.807) is 0 Å². The van der Waals surface area contributed by atoms with Crippen molar-refractivity contribution in [3.63, 3.8) is 0 Å². The van der Waals surface area contributed by atoms with Crippen LogP contribution in [0, 0.1) is 11.8 Å². The Morgan fingerprint density at radius 3 is 2.60 bits per heavy atom. The van der Waals surface area contributed by atoms with E-state index in [2.05, 4.69) is 11.8 Å². The summed E-state index contributed by atoms with van der Waals surface area (Å²) in [5, 5.41) is 0. The van der Waals surface area contributed by atoms with Gasteiger partial charge in [0.1, 0.15) is 0 Å². The number of carbonyl (C=O) groups excluding carboxylic acids is 1. The van der Waals surface area contributed by atoms with E-state index in [4.69, 9.17) is 0 Å². The highest BCUT2D eigenvalue weighted by atomic mass is 16.2. The number of amides is 1. The van der Waals surface area contributed by atoms with Gasteiger partial charge in [-0.2, -0.15) is 0 Å². The average molecular weight is 261 g/mol. The molecule has 20 heavy (non-hydrogen) atoms. The largest absolute Gasteiger partial charge is 0.327 e. The summed E-state index contributed by atoms with van der Waals surface area (Å²) in [5.74, 6) is 6.27. The molecule has 98 valence electrons. The molecule has 0 radical (unpaired) electrons. The van der Waals surface area contributed by atoms with Crippen molar-refractivity contribution in [2.75, 3.05) is 13.1 Å². The molecule has 0 fully saturated rings. The molecule has 0 bridgehead atoms. The minimum absolute atomic E-state index is 0.0919. The van der Waals surface area contributed by atoms with E-state index in [0.717, 1.165) is 29.7 Å². The Balaban J connectivity index is 1.72. The predicted molar refractivity (Wildman–Crippen MR) is 79.4 cm³/mol. The molecule has 3 rings (SSSR count). The molecule has 1 aliphatic heterocycles. The van der Waals surface area contributed by atoms with Crippen molar-refractivity contribution in [2.45, 2.75) is 6.42 Å². The smallest absolute Gasteiger partial charge is 0.254 e. The van der Waals surface area contributed by atoms with E-state index in [0.29, 0.717) is 6.54 Å². The number of fused-ring (bicyclic) bond motifs is 1. The van der Waals surface area contributed by atoms with Crippen LogP contribution in [-0.4, -0.2) is 23.9 Å². The van der Waals surface area contributed by atoms with Crippen LogP contribution in [0.15, 0.2) is 54.6 Å². The van der Waals surface area contributed by atoms with E-state index >= 15 is 0 Å². The zero-order chi connectivity index (χ0) is 13.8. The van der Waals surface area contributed by atoms with Gasteiger partial charge in [-0.25, -0.2) is 0 Å². The lowest BCUT2D eigenvalue weighted by Gasteiger charge is -2.26. The quantitative estimate of drug-likeness (QED) is 0.723. The molecule has 0 unspecified atom stereocenters. The molecule has 2 heteroatoms. The van der Waals surface area contributed by atoms with Crippen LogP contribution in [0.5, 0.6) is 0 Å². The molecule has 2 aromatic carbocycles. The van der Waals surface area contributed by atoms with Gasteiger partial charge in [-0.05, 0) is 30.2 Å². The lowest BCUT2D eigenvalue weighted by atomic mass is 9.99. The molecule has 0 N–H and O–H groups in total. The van der Waals surface area contributed by atoms with Gasteiger partial charge < -0.3 is 4.90 Å². The Morgan fingerprint density at radius 2 is 1.75 bits per heavy atom. The minimum atomic E-state index is 0.0919. The number of hydrogen-bond donors (Lipinski definition) is 0. The Kier molecular flexibility index (Phi) is 3.52. The van der Waals surface area contributed by atoms with Crippen LogP contribution < -0.4 is 0 Å². The fourth-order valence-corrected chi connectivity index (χ4v) is 2.38. The van der Waals surface area contributed by atoms with E-state index < -0.39 is 0 Å². The Labute approximate surface area is 119 Å². The Hall–Kier alpha value is -2.53. The highest BCUT2D eigenvalue weighted by Crippen LogP contribution is 2.17. The van der Waals surface area contributed by atoms with Crippen LogP contribution in [-0.2, 0) is 6.42 Å². The summed E-state index contributed by atoms with van der Waals surface area (Å²) in [4.78, 5) is 14.1. The van der Waals surface area contributed by atoms with Crippen molar-refractivity contribution < 1.29 is 4.79 Å². The molecule has 0 saturated carbocycles. The summed E-state index contributed by atoms with van der Waals surface area (Å²) >= 11 is 0. The van der Waals surface area contributed by atoms with Gasteiger partial charge >= 0.3 is 0 Å². The van der Waals surface area contributed by atoms with Crippen molar-refractivity contribution in [2.24, 2.45) is 0 Å². The van der Waals surface area contributed by atoms with E-state index in [9.17, 15) is 4.79 Å². The lowest BCUT2D eigenvalue weighted by molar-refractivity contribution is 0.0762. The normalized spacial score (nSPS) is 13.4. The van der Waals surface area contributed by atoms with Gasteiger partial charge in [0.2, 0.25) is 0 Å². The summed E-state index contributed by atoms with van der Waals surface area (Å²) in [5.41, 5.74) is 2.95. The molecule has 1 amide bonds. The fraction of sp³-hybridized carbons (Fsp3) is 0.167. The van der Waals surface area contributed by atoms with Crippen molar-refractivity contribution in [1.82, 2.24) is 4.90 Å². The molecule has 0 atom stereocenters. The first-order valence-corrected chi connectivity index (χ1v) is 6.76. The van der Waals surface area contributed by atoms with Crippen molar-refractivity contribution in [3.05, 3.63) is 71.3 Å². The lowest BCUT2D eigenvalue weighted by Crippen LogP contribution is -2.37. The molecule has 0 spiro atoms. The van der Waals surface area contributed by atoms with Crippen molar-refractivity contribution in [3.8, 4) is 11.8 Å². The molecule has 1 heterocycles. The van der Waals surface area contributed by atoms with E-state index in [-0.39, 0.29) is 5.91 Å². The summed E-state index contributed by atoms with van der Waals surface area (Å²) in [6, 6.07) is 17.7. The van der Waals surface area contributed by atoms with Gasteiger partial charge in [-0.1, -0.05) is 48.2 Å². The minimum Gasteiger partial charge on any atom is -0.327 e. The topological polar surface area (TPSA) is 20.3 Å². The van der Waals surface area contributed by atoms with Gasteiger partial charge in [-0.15, -0.1) is 0 Å². The zero-order valence-electron chi connectivity index (χ0n) is 11.2. The maximum Gasteiger partial charge on any atom is 0.254 e. The third-order valence-corrected chi connectivity index (χ3v) is 3.46. The monoisotopic (exact) mass is 261 g/mol. The summed E-state index contributed by atoms with van der Waals surface area (Å²) < 4.78 is 0. The summed E-state index contributed by atoms with van der Waals surface area (Å²) in [7, 11) is 0. The molecular weight excluding hydrogens is 246 g/mol. The van der Waals surface area contributed by atoms with Gasteiger partial charge in [0.05, 0.1) is 6.54 Å². The second-order valence-electron chi connectivity index (χ2n) is 4.80. The van der Waals surface area contributed by atoms with Crippen LogP contribution in [0.25, 0.3) is 0 Å². The fourth-order valence-electron chi connectivity index (χ4n) is 2.38. The first kappa shape index (κ1) is 12.5. The molecule has 0 saturated heterocycles. The molecule has 0 aromatic heterocycles. The second kappa shape index (κ2) is 5.63. The maximum atomic E-state index is 12.3. The molecule has 2 aromatic rings. The first-order chi connectivity index (χ1) is 9.84. The first-order valence-electron chi connectivity index (χ1n) is 6.76. The highest BCUT2D eigenvalue weighted by Gasteiger charge is 2.22. The zero-order valence-corrected chi connectivity index (χ0v) is 11.2. The number of nitrogens with zero attached hydrogens (tertiary/aromatic N) is 1. The Morgan fingerprint density at radius 1 is 1.00 bits per heavy atom. The Bertz CT molecular complexity index is 679. The molecule has 1 aliphatic rings. The SMILES string of the molecule is O=C1c2ccccc2CCN1CC#Cc1ccccc1. The van der Waals surface area contributed by atoms with E-state index in [1.807, 2.05) is 59.5 Å². The van der Waals surface area contributed by atoms with Crippen LogP contribution in [0.3, 0.4) is 0 Å². The van der Waals surface area contributed by atoms with Crippen molar-refractivity contribution in [1.29, 1.82) is 0 Å². The highest BCUT2D eigenvalue weighted by molar-refractivity contribution is 5.96. The van der Waals surface area contributed by atoms with Gasteiger partial charge in [0.25, 0.3) is 5.91 Å². The number of rotatable bonds is 1.